The third-order valence-electron chi connectivity index (χ3n) is 8.11. The Morgan fingerprint density at radius 2 is 1.22 bits per heavy atom. The lowest BCUT2D eigenvalue weighted by molar-refractivity contribution is 0.229. The van der Waals surface area contributed by atoms with E-state index in [2.05, 4.69) is 106 Å². The van der Waals surface area contributed by atoms with E-state index in [1.165, 1.54) is 41.5 Å². The van der Waals surface area contributed by atoms with Crippen LogP contribution in [0.15, 0.2) is 48.5 Å². The van der Waals surface area contributed by atoms with E-state index in [0.717, 1.165) is 25.8 Å². The Balaban J connectivity index is 1.51. The minimum atomic E-state index is -0.00467. The van der Waals surface area contributed by atoms with Crippen molar-refractivity contribution in [3.63, 3.8) is 0 Å². The molecule has 4 heteroatoms. The Bertz CT molecular complexity index is 934. The summed E-state index contributed by atoms with van der Waals surface area (Å²) in [5.74, 6) is 0.237. The average molecular weight is 490 g/mol. The smallest absolute Gasteiger partial charge is 0.315 e. The quantitative estimate of drug-likeness (QED) is 0.434. The highest BCUT2D eigenvalue weighted by atomic mass is 16.2. The molecule has 1 saturated heterocycles. The molecule has 0 radical (unpaired) electrons. The molecule has 1 aliphatic carbocycles. The summed E-state index contributed by atoms with van der Waals surface area (Å²) in [5.41, 5.74) is 5.63. The lowest BCUT2D eigenvalue weighted by Crippen LogP contribution is -2.47. The van der Waals surface area contributed by atoms with E-state index in [1.54, 1.807) is 0 Å². The van der Waals surface area contributed by atoms with Crippen molar-refractivity contribution in [2.45, 2.75) is 115 Å². The summed E-state index contributed by atoms with van der Waals surface area (Å²) in [6.07, 6.45) is 6.88. The highest BCUT2D eigenvalue weighted by Gasteiger charge is 2.34. The number of carbonyl (C=O) groups is 1. The molecular formula is C32H47N3O. The Morgan fingerprint density at radius 3 is 1.69 bits per heavy atom. The van der Waals surface area contributed by atoms with Crippen molar-refractivity contribution in [3.8, 4) is 0 Å². The minimum Gasteiger partial charge on any atom is -0.335 e. The van der Waals surface area contributed by atoms with E-state index in [1.807, 2.05) is 0 Å². The first-order valence-electron chi connectivity index (χ1n) is 14.0. The van der Waals surface area contributed by atoms with E-state index < -0.39 is 0 Å². The number of amides is 2. The van der Waals surface area contributed by atoms with Gasteiger partial charge in [-0.1, -0.05) is 109 Å². The summed E-state index contributed by atoms with van der Waals surface area (Å²) in [6.45, 7) is 14.4. The molecule has 0 bridgehead atoms. The van der Waals surface area contributed by atoms with Crippen LogP contribution in [0.5, 0.6) is 0 Å². The number of hydrogen-bond acceptors (Lipinski definition) is 2. The van der Waals surface area contributed by atoms with Crippen molar-refractivity contribution in [1.82, 2.24) is 16.0 Å². The fourth-order valence-corrected chi connectivity index (χ4v) is 5.83. The summed E-state index contributed by atoms with van der Waals surface area (Å²) in [5, 5.41) is 10.2. The van der Waals surface area contributed by atoms with Gasteiger partial charge in [-0.3, -0.25) is 0 Å². The third-order valence-corrected chi connectivity index (χ3v) is 8.11. The Morgan fingerprint density at radius 1 is 0.750 bits per heavy atom. The molecular weight excluding hydrogens is 442 g/mol. The molecule has 0 aromatic heterocycles. The van der Waals surface area contributed by atoms with Gasteiger partial charge in [0.15, 0.2) is 0 Å². The molecule has 1 aliphatic heterocycles. The number of rotatable bonds is 5. The zero-order valence-electron chi connectivity index (χ0n) is 23.3. The van der Waals surface area contributed by atoms with Gasteiger partial charge in [-0.2, -0.15) is 0 Å². The second-order valence-corrected chi connectivity index (χ2v) is 13.1. The second kappa shape index (κ2) is 11.0. The Kier molecular flexibility index (Phi) is 8.14. The molecule has 3 N–H and O–H groups in total. The molecule has 0 unspecified atom stereocenters. The zero-order valence-corrected chi connectivity index (χ0v) is 23.3. The lowest BCUT2D eigenvalue weighted by atomic mass is 9.80. The third kappa shape index (κ3) is 6.70. The van der Waals surface area contributed by atoms with Crippen LogP contribution in [0.25, 0.3) is 0 Å². The number of carbonyl (C=O) groups excluding carboxylic acids is 1. The maximum atomic E-state index is 12.7. The second-order valence-electron chi connectivity index (χ2n) is 13.1. The van der Waals surface area contributed by atoms with Crippen molar-refractivity contribution in [3.05, 3.63) is 70.8 Å². The first-order chi connectivity index (χ1) is 17.0. The number of benzene rings is 2. The lowest BCUT2D eigenvalue weighted by Gasteiger charge is -2.28. The van der Waals surface area contributed by atoms with Crippen LogP contribution in [-0.4, -0.2) is 30.7 Å². The Labute approximate surface area is 219 Å². The van der Waals surface area contributed by atoms with Crippen LogP contribution in [0.2, 0.25) is 0 Å². The van der Waals surface area contributed by atoms with Crippen LogP contribution in [0, 0.1) is 0 Å². The summed E-state index contributed by atoms with van der Waals surface area (Å²) in [7, 11) is 0. The molecule has 36 heavy (non-hydrogen) atoms. The van der Waals surface area contributed by atoms with Gasteiger partial charge in [0.05, 0.1) is 0 Å². The summed E-state index contributed by atoms with van der Waals surface area (Å²) in [6, 6.07) is 19.1. The van der Waals surface area contributed by atoms with Crippen molar-refractivity contribution in [2.75, 3.05) is 6.54 Å². The average Bonchev–Trinajstić information content (AvgIpc) is 3.27. The molecule has 2 atom stereocenters. The van der Waals surface area contributed by atoms with Crippen molar-refractivity contribution >= 4 is 6.03 Å². The van der Waals surface area contributed by atoms with Crippen LogP contribution in [0.4, 0.5) is 4.79 Å². The summed E-state index contributed by atoms with van der Waals surface area (Å²) >= 11 is 0. The molecule has 196 valence electrons. The predicted octanol–water partition coefficient (Wildman–Crippen LogP) is 6.78. The maximum Gasteiger partial charge on any atom is 0.315 e. The van der Waals surface area contributed by atoms with Crippen LogP contribution in [-0.2, 0) is 10.8 Å². The van der Waals surface area contributed by atoms with Gasteiger partial charge < -0.3 is 16.0 Å². The number of hydrogen-bond donors (Lipinski definition) is 3. The van der Waals surface area contributed by atoms with Gasteiger partial charge in [0.2, 0.25) is 0 Å². The number of urea groups is 1. The van der Waals surface area contributed by atoms with Crippen LogP contribution in [0.1, 0.15) is 108 Å². The molecule has 2 fully saturated rings. The number of nitrogens with one attached hydrogen (secondary N) is 3. The van der Waals surface area contributed by atoms with E-state index in [9.17, 15) is 4.79 Å². The van der Waals surface area contributed by atoms with Crippen LogP contribution in [0.3, 0.4) is 0 Å². The normalized spacial score (nSPS) is 21.5. The fourth-order valence-electron chi connectivity index (χ4n) is 5.83. The molecule has 1 saturated carbocycles. The fraction of sp³-hybridized carbons (Fsp3) is 0.594. The van der Waals surface area contributed by atoms with Gasteiger partial charge in [-0.25, -0.2) is 4.79 Å². The highest BCUT2D eigenvalue weighted by molar-refractivity contribution is 5.74. The first kappa shape index (κ1) is 26.7. The molecule has 2 aromatic rings. The van der Waals surface area contributed by atoms with Gasteiger partial charge in [-0.05, 0) is 52.3 Å². The van der Waals surface area contributed by atoms with Crippen molar-refractivity contribution in [1.29, 1.82) is 0 Å². The summed E-state index contributed by atoms with van der Waals surface area (Å²) in [4.78, 5) is 12.7. The highest BCUT2D eigenvalue weighted by Crippen LogP contribution is 2.35. The van der Waals surface area contributed by atoms with Crippen molar-refractivity contribution < 1.29 is 4.79 Å². The molecule has 2 amide bonds. The SMILES string of the molecule is CC(C)(C)c1ccc(C(c2ccc(C(C)(C)C)cc2)[C@H]2C[C@@H](NC(=O)NC3CCCCC3)CN2)cc1. The van der Waals surface area contributed by atoms with Crippen LogP contribution < -0.4 is 16.0 Å². The van der Waals surface area contributed by atoms with E-state index in [-0.39, 0.29) is 34.9 Å². The van der Waals surface area contributed by atoms with Gasteiger partial charge in [-0.15, -0.1) is 0 Å². The molecule has 4 rings (SSSR count). The molecule has 0 spiro atoms. The summed E-state index contributed by atoms with van der Waals surface area (Å²) < 4.78 is 0. The van der Waals surface area contributed by atoms with Gasteiger partial charge >= 0.3 is 6.03 Å². The van der Waals surface area contributed by atoms with Crippen molar-refractivity contribution in [2.24, 2.45) is 0 Å². The predicted molar refractivity (Wildman–Crippen MR) is 151 cm³/mol. The molecule has 1 heterocycles. The van der Waals surface area contributed by atoms with Gasteiger partial charge in [0, 0.05) is 30.6 Å². The first-order valence-corrected chi connectivity index (χ1v) is 14.0. The van der Waals surface area contributed by atoms with E-state index >= 15 is 0 Å². The topological polar surface area (TPSA) is 53.2 Å². The monoisotopic (exact) mass is 489 g/mol. The van der Waals surface area contributed by atoms with Gasteiger partial charge in [0.1, 0.15) is 0 Å². The zero-order chi connectivity index (χ0) is 25.9. The largest absolute Gasteiger partial charge is 0.335 e. The Hall–Kier alpha value is -2.33. The molecule has 2 aromatic carbocycles. The molecule has 4 nitrogen and oxygen atoms in total. The van der Waals surface area contributed by atoms with Gasteiger partial charge in [0.25, 0.3) is 0 Å². The minimum absolute atomic E-state index is 0.00467. The van der Waals surface area contributed by atoms with E-state index in [0.29, 0.717) is 6.04 Å². The maximum absolute atomic E-state index is 12.7. The van der Waals surface area contributed by atoms with Crippen LogP contribution >= 0.6 is 0 Å². The standard InChI is InChI=1S/C32H47N3O/c1-31(2,3)24-16-12-22(13-17-24)29(23-14-18-25(19-15-23)32(4,5)6)28-20-27(21-33-28)35-30(36)34-26-10-8-7-9-11-26/h12-19,26-29,33H,7-11,20-21H2,1-6H3,(H2,34,35,36)/t27-,28-/m1/s1. The van der Waals surface area contributed by atoms with E-state index in [4.69, 9.17) is 0 Å². The molecule has 2 aliphatic rings.